The molecule has 16 heavy (non-hydrogen) atoms. The summed E-state index contributed by atoms with van der Waals surface area (Å²) in [4.78, 5) is 13.1. The van der Waals surface area contributed by atoms with Gasteiger partial charge >= 0.3 is 6.03 Å². The van der Waals surface area contributed by atoms with E-state index in [1.54, 1.807) is 0 Å². The lowest BCUT2D eigenvalue weighted by atomic mass is 10.00. The van der Waals surface area contributed by atoms with Crippen LogP contribution in [0.2, 0.25) is 0 Å². The number of aryl methyl sites for hydroxylation is 1. The minimum atomic E-state index is -0.266. The number of hydrogen-bond acceptors (Lipinski definition) is 1. The summed E-state index contributed by atoms with van der Waals surface area (Å²) >= 11 is 0. The Bertz CT molecular complexity index is 334. The molecule has 2 heterocycles. The van der Waals surface area contributed by atoms with Crippen LogP contribution in [-0.2, 0) is 6.54 Å². The van der Waals surface area contributed by atoms with Crippen molar-refractivity contribution in [3.05, 3.63) is 24.5 Å². The van der Waals surface area contributed by atoms with Crippen LogP contribution in [0.15, 0.2) is 24.5 Å². The van der Waals surface area contributed by atoms with E-state index in [1.165, 1.54) is 6.42 Å². The molecule has 0 spiro atoms. The highest BCUT2D eigenvalue weighted by Gasteiger charge is 2.24. The van der Waals surface area contributed by atoms with Crippen molar-refractivity contribution in [3.63, 3.8) is 0 Å². The summed E-state index contributed by atoms with van der Waals surface area (Å²) in [5.74, 6) is 0. The Hall–Kier alpha value is -1.45. The van der Waals surface area contributed by atoms with Crippen molar-refractivity contribution in [2.75, 3.05) is 6.54 Å². The first-order valence-corrected chi connectivity index (χ1v) is 5.94. The topological polar surface area (TPSA) is 51.3 Å². The van der Waals surface area contributed by atoms with Crippen molar-refractivity contribution in [3.8, 4) is 0 Å². The Morgan fingerprint density at radius 2 is 2.06 bits per heavy atom. The number of urea groups is 1. The zero-order valence-electron chi connectivity index (χ0n) is 9.51. The molecule has 0 saturated carbocycles. The summed E-state index contributed by atoms with van der Waals surface area (Å²) in [6, 6.07) is 4.10. The average Bonchev–Trinajstić information content (AvgIpc) is 2.79. The molecule has 2 amide bonds. The standard InChI is InChI=1S/C12H19N3O/c13-12(16)15-9-2-1-5-11(15)6-10-14-7-3-4-8-14/h3-4,7-8,11H,1-2,5-6,9-10H2,(H2,13,16). The first-order valence-electron chi connectivity index (χ1n) is 5.94. The maximum atomic E-state index is 11.3. The lowest BCUT2D eigenvalue weighted by Gasteiger charge is -2.34. The molecule has 2 rings (SSSR count). The first-order chi connectivity index (χ1) is 7.77. The Labute approximate surface area is 96.0 Å². The van der Waals surface area contributed by atoms with Gasteiger partial charge < -0.3 is 15.2 Å². The van der Waals surface area contributed by atoms with Crippen molar-refractivity contribution in [2.24, 2.45) is 5.73 Å². The smallest absolute Gasteiger partial charge is 0.315 e. The van der Waals surface area contributed by atoms with Gasteiger partial charge in [-0.25, -0.2) is 4.79 Å². The third-order valence-electron chi connectivity index (χ3n) is 3.30. The number of amides is 2. The molecule has 1 aromatic rings. The molecule has 0 aromatic carbocycles. The normalized spacial score (nSPS) is 21.0. The molecule has 1 atom stereocenters. The minimum Gasteiger partial charge on any atom is -0.354 e. The maximum absolute atomic E-state index is 11.3. The molecule has 1 aliphatic rings. The number of piperidine rings is 1. The number of likely N-dealkylation sites (tertiary alicyclic amines) is 1. The summed E-state index contributed by atoms with van der Waals surface area (Å²) in [6.07, 6.45) is 8.49. The van der Waals surface area contributed by atoms with Gasteiger partial charge in [0.2, 0.25) is 0 Å². The van der Waals surface area contributed by atoms with E-state index < -0.39 is 0 Å². The van der Waals surface area contributed by atoms with Gasteiger partial charge in [0.25, 0.3) is 0 Å². The molecule has 1 aromatic heterocycles. The molecule has 1 fully saturated rings. The Kier molecular flexibility index (Phi) is 3.49. The van der Waals surface area contributed by atoms with E-state index in [4.69, 9.17) is 5.73 Å². The zero-order chi connectivity index (χ0) is 11.4. The lowest BCUT2D eigenvalue weighted by Crippen LogP contribution is -2.46. The highest BCUT2D eigenvalue weighted by atomic mass is 16.2. The molecule has 0 radical (unpaired) electrons. The van der Waals surface area contributed by atoms with Gasteiger partial charge in [0.1, 0.15) is 0 Å². The van der Waals surface area contributed by atoms with Gasteiger partial charge in [0, 0.05) is 31.5 Å². The number of nitrogens with two attached hydrogens (primary N) is 1. The summed E-state index contributed by atoms with van der Waals surface area (Å²) in [5.41, 5.74) is 5.39. The fourth-order valence-corrected chi connectivity index (χ4v) is 2.41. The molecular formula is C12H19N3O. The van der Waals surface area contributed by atoms with Crippen molar-refractivity contribution in [1.29, 1.82) is 0 Å². The molecular weight excluding hydrogens is 202 g/mol. The third kappa shape index (κ3) is 2.56. The van der Waals surface area contributed by atoms with E-state index >= 15 is 0 Å². The second-order valence-corrected chi connectivity index (χ2v) is 4.39. The fraction of sp³-hybridized carbons (Fsp3) is 0.583. The van der Waals surface area contributed by atoms with Gasteiger partial charge in [-0.05, 0) is 37.8 Å². The molecule has 1 unspecified atom stereocenters. The monoisotopic (exact) mass is 221 g/mol. The van der Waals surface area contributed by atoms with Crippen LogP contribution < -0.4 is 5.73 Å². The predicted octanol–water partition coefficient (Wildman–Crippen LogP) is 1.81. The molecule has 1 saturated heterocycles. The number of carbonyl (C=O) groups excluding carboxylic acids is 1. The quantitative estimate of drug-likeness (QED) is 0.831. The van der Waals surface area contributed by atoms with Crippen LogP contribution in [0, 0.1) is 0 Å². The van der Waals surface area contributed by atoms with Gasteiger partial charge in [0.05, 0.1) is 0 Å². The van der Waals surface area contributed by atoms with E-state index in [2.05, 4.69) is 17.0 Å². The summed E-state index contributed by atoms with van der Waals surface area (Å²) in [6.45, 7) is 1.78. The van der Waals surface area contributed by atoms with E-state index in [1.807, 2.05) is 17.0 Å². The minimum absolute atomic E-state index is 0.266. The number of nitrogens with zero attached hydrogens (tertiary/aromatic N) is 2. The Balaban J connectivity index is 1.89. The summed E-state index contributed by atoms with van der Waals surface area (Å²) < 4.78 is 2.15. The van der Waals surface area contributed by atoms with E-state index in [-0.39, 0.29) is 6.03 Å². The van der Waals surface area contributed by atoms with E-state index in [9.17, 15) is 4.79 Å². The van der Waals surface area contributed by atoms with Gasteiger partial charge in [-0.15, -0.1) is 0 Å². The predicted molar refractivity (Wildman–Crippen MR) is 63.0 cm³/mol. The van der Waals surface area contributed by atoms with Gasteiger partial charge in [-0.3, -0.25) is 0 Å². The molecule has 0 bridgehead atoms. The average molecular weight is 221 g/mol. The van der Waals surface area contributed by atoms with Crippen LogP contribution in [-0.4, -0.2) is 28.1 Å². The molecule has 2 N–H and O–H groups in total. The van der Waals surface area contributed by atoms with Gasteiger partial charge in [-0.1, -0.05) is 0 Å². The SMILES string of the molecule is NC(=O)N1CCCCC1CCn1cccc1. The number of rotatable bonds is 3. The van der Waals surface area contributed by atoms with Crippen LogP contribution in [0.4, 0.5) is 4.79 Å². The van der Waals surface area contributed by atoms with Crippen molar-refractivity contribution in [1.82, 2.24) is 9.47 Å². The van der Waals surface area contributed by atoms with Crippen molar-refractivity contribution < 1.29 is 4.79 Å². The van der Waals surface area contributed by atoms with Crippen LogP contribution in [0.1, 0.15) is 25.7 Å². The molecule has 4 heteroatoms. The number of primary amides is 1. The summed E-state index contributed by atoms with van der Waals surface area (Å²) in [7, 11) is 0. The lowest BCUT2D eigenvalue weighted by molar-refractivity contribution is 0.152. The molecule has 88 valence electrons. The van der Waals surface area contributed by atoms with Crippen molar-refractivity contribution in [2.45, 2.75) is 38.3 Å². The van der Waals surface area contributed by atoms with Crippen LogP contribution in [0.3, 0.4) is 0 Å². The highest BCUT2D eigenvalue weighted by molar-refractivity contribution is 5.72. The second-order valence-electron chi connectivity index (χ2n) is 4.39. The molecule has 1 aliphatic heterocycles. The van der Waals surface area contributed by atoms with Crippen molar-refractivity contribution >= 4 is 6.03 Å². The van der Waals surface area contributed by atoms with Crippen LogP contribution in [0.5, 0.6) is 0 Å². The highest BCUT2D eigenvalue weighted by Crippen LogP contribution is 2.19. The Morgan fingerprint density at radius 3 is 2.75 bits per heavy atom. The van der Waals surface area contributed by atoms with Crippen LogP contribution in [0.25, 0.3) is 0 Å². The Morgan fingerprint density at radius 1 is 1.31 bits per heavy atom. The fourth-order valence-electron chi connectivity index (χ4n) is 2.41. The molecule has 4 nitrogen and oxygen atoms in total. The largest absolute Gasteiger partial charge is 0.354 e. The summed E-state index contributed by atoms with van der Waals surface area (Å²) in [5, 5.41) is 0. The molecule has 0 aliphatic carbocycles. The van der Waals surface area contributed by atoms with E-state index in [0.29, 0.717) is 6.04 Å². The van der Waals surface area contributed by atoms with Crippen LogP contribution >= 0.6 is 0 Å². The zero-order valence-corrected chi connectivity index (χ0v) is 9.51. The second kappa shape index (κ2) is 5.05. The first kappa shape index (κ1) is 11.0. The van der Waals surface area contributed by atoms with Gasteiger partial charge in [-0.2, -0.15) is 0 Å². The number of hydrogen-bond donors (Lipinski definition) is 1. The maximum Gasteiger partial charge on any atom is 0.315 e. The number of carbonyl (C=O) groups is 1. The number of aromatic nitrogens is 1. The third-order valence-corrected chi connectivity index (χ3v) is 3.30. The van der Waals surface area contributed by atoms with Gasteiger partial charge in [0.15, 0.2) is 0 Å². The van der Waals surface area contributed by atoms with E-state index in [0.717, 1.165) is 32.4 Å².